The van der Waals surface area contributed by atoms with Crippen LogP contribution in [0.5, 0.6) is 0 Å². The van der Waals surface area contributed by atoms with Crippen LogP contribution in [0.3, 0.4) is 0 Å². The molecule has 0 fully saturated rings. The molecule has 0 saturated carbocycles. The molecule has 1 unspecified atom stereocenters. The number of rotatable bonds is 9. The van der Waals surface area contributed by atoms with Crippen molar-refractivity contribution >= 4 is 28.6 Å². The number of nitrogens with one attached hydrogen (secondary N) is 4. The van der Waals surface area contributed by atoms with Crippen molar-refractivity contribution in [1.82, 2.24) is 24.9 Å². The van der Waals surface area contributed by atoms with E-state index in [1.54, 1.807) is 0 Å². The molecule has 0 radical (unpaired) electrons. The fourth-order valence-corrected chi connectivity index (χ4v) is 3.26. The molecule has 2 aromatic heterocycles. The minimum absolute atomic E-state index is 0.210. The molecule has 0 saturated heterocycles. The predicted molar refractivity (Wildman–Crippen MR) is 123 cm³/mol. The van der Waals surface area contributed by atoms with Gasteiger partial charge in [0.2, 0.25) is 11.9 Å². The van der Waals surface area contributed by atoms with Gasteiger partial charge in [-0.2, -0.15) is 15.0 Å². The minimum Gasteiger partial charge on any atom is -0.354 e. The third kappa shape index (κ3) is 5.58. The number of hydrogen-bond acceptors (Lipinski definition) is 6. The Balaban J connectivity index is 1.83. The lowest BCUT2D eigenvalue weighted by Gasteiger charge is -2.20. The number of unbranched alkanes of at least 4 members (excludes halogenated alkanes) is 1. The maximum atomic E-state index is 11.5. The lowest BCUT2D eigenvalue weighted by Crippen LogP contribution is -2.21. The van der Waals surface area contributed by atoms with Gasteiger partial charge >= 0.3 is 5.69 Å². The SMILES string of the molecule is CCCCC(CC)CNc1nc(Nc2ccc3[nH]c(=O)[nH]c3c2)nc(C(C)(C)C)n1. The summed E-state index contributed by atoms with van der Waals surface area (Å²) in [4.78, 5) is 30.9. The molecule has 3 rings (SSSR count). The fraction of sp³-hybridized carbons (Fsp3) is 0.545. The molecule has 0 aliphatic heterocycles. The molecule has 0 spiro atoms. The highest BCUT2D eigenvalue weighted by Crippen LogP contribution is 2.23. The summed E-state index contributed by atoms with van der Waals surface area (Å²) < 4.78 is 0. The number of anilines is 3. The second-order valence-corrected chi connectivity index (χ2v) is 8.82. The lowest BCUT2D eigenvalue weighted by molar-refractivity contribution is 0.471. The van der Waals surface area contributed by atoms with Gasteiger partial charge in [-0.1, -0.05) is 53.9 Å². The Morgan fingerprint density at radius 1 is 1.03 bits per heavy atom. The molecular formula is C22H33N7O. The largest absolute Gasteiger partial charge is 0.354 e. The average Bonchev–Trinajstić information content (AvgIpc) is 3.06. The normalized spacial score (nSPS) is 12.8. The molecule has 0 aliphatic carbocycles. The summed E-state index contributed by atoms with van der Waals surface area (Å²) in [6, 6.07) is 5.59. The standard InChI is InChI=1S/C22H33N7O/c1-6-8-9-14(7-2)13-23-19-27-18(22(3,4)5)28-20(29-19)24-15-10-11-16-17(12-15)26-21(30)25-16/h10-12,14H,6-9,13H2,1-5H3,(H2,25,26,30)(H2,23,24,27,28,29). The van der Waals surface area contributed by atoms with Crippen LogP contribution in [0, 0.1) is 5.92 Å². The van der Waals surface area contributed by atoms with Gasteiger partial charge in [-0.25, -0.2) is 4.79 Å². The number of H-pyrrole nitrogens is 2. The molecule has 2 heterocycles. The monoisotopic (exact) mass is 411 g/mol. The molecule has 0 bridgehead atoms. The quantitative estimate of drug-likeness (QED) is 0.406. The number of aromatic amines is 2. The highest BCUT2D eigenvalue weighted by molar-refractivity contribution is 5.79. The van der Waals surface area contributed by atoms with Gasteiger partial charge in [0.1, 0.15) is 5.82 Å². The van der Waals surface area contributed by atoms with Crippen molar-refractivity contribution < 1.29 is 0 Å². The summed E-state index contributed by atoms with van der Waals surface area (Å²) in [5, 5.41) is 6.68. The van der Waals surface area contributed by atoms with Gasteiger partial charge in [0, 0.05) is 17.6 Å². The maximum Gasteiger partial charge on any atom is 0.323 e. The number of fused-ring (bicyclic) bond motifs is 1. The van der Waals surface area contributed by atoms with Gasteiger partial charge < -0.3 is 20.6 Å². The second kappa shape index (κ2) is 9.28. The highest BCUT2D eigenvalue weighted by Gasteiger charge is 2.20. The van der Waals surface area contributed by atoms with Gasteiger partial charge in [0.15, 0.2) is 0 Å². The molecule has 0 aliphatic rings. The number of aromatic nitrogens is 5. The van der Waals surface area contributed by atoms with Crippen LogP contribution in [0.15, 0.2) is 23.0 Å². The van der Waals surface area contributed by atoms with E-state index in [2.05, 4.69) is 70.2 Å². The summed E-state index contributed by atoms with van der Waals surface area (Å²) in [7, 11) is 0. The van der Waals surface area contributed by atoms with E-state index in [0.29, 0.717) is 17.8 Å². The molecule has 162 valence electrons. The molecule has 1 atom stereocenters. The Labute approximate surface area is 177 Å². The smallest absolute Gasteiger partial charge is 0.323 e. The molecule has 0 amide bonds. The summed E-state index contributed by atoms with van der Waals surface area (Å²) in [5.74, 6) is 2.39. The van der Waals surface area contributed by atoms with Gasteiger partial charge in [-0.05, 0) is 30.5 Å². The van der Waals surface area contributed by atoms with Crippen molar-refractivity contribution in [3.8, 4) is 0 Å². The number of benzene rings is 1. The third-order valence-corrected chi connectivity index (χ3v) is 5.17. The van der Waals surface area contributed by atoms with Crippen LogP contribution in [-0.2, 0) is 5.41 Å². The van der Waals surface area contributed by atoms with Gasteiger partial charge in [-0.3, -0.25) is 0 Å². The molecule has 8 heteroatoms. The van der Waals surface area contributed by atoms with Crippen molar-refractivity contribution in [1.29, 1.82) is 0 Å². The van der Waals surface area contributed by atoms with E-state index in [1.807, 2.05) is 18.2 Å². The van der Waals surface area contributed by atoms with Crippen molar-refractivity contribution in [3.05, 3.63) is 34.5 Å². The van der Waals surface area contributed by atoms with Crippen LogP contribution >= 0.6 is 0 Å². The van der Waals surface area contributed by atoms with Crippen LogP contribution in [0.25, 0.3) is 11.0 Å². The Bertz CT molecular complexity index is 1030. The molecular weight excluding hydrogens is 378 g/mol. The highest BCUT2D eigenvalue weighted by atomic mass is 16.1. The first-order chi connectivity index (χ1) is 14.3. The summed E-state index contributed by atoms with van der Waals surface area (Å²) in [6.07, 6.45) is 4.78. The fourth-order valence-electron chi connectivity index (χ4n) is 3.26. The van der Waals surface area contributed by atoms with Gasteiger partial charge in [0.05, 0.1) is 11.0 Å². The zero-order valence-corrected chi connectivity index (χ0v) is 18.6. The van der Waals surface area contributed by atoms with Crippen molar-refractivity contribution in [2.45, 2.75) is 65.7 Å². The van der Waals surface area contributed by atoms with Gasteiger partial charge in [0.25, 0.3) is 0 Å². The summed E-state index contributed by atoms with van der Waals surface area (Å²) in [5.41, 5.74) is 1.85. The van der Waals surface area contributed by atoms with E-state index in [-0.39, 0.29) is 11.1 Å². The van der Waals surface area contributed by atoms with E-state index >= 15 is 0 Å². The van der Waals surface area contributed by atoms with Crippen LogP contribution in [0.1, 0.15) is 66.1 Å². The van der Waals surface area contributed by atoms with Crippen molar-refractivity contribution in [3.63, 3.8) is 0 Å². The molecule has 1 aromatic carbocycles. The number of hydrogen-bond donors (Lipinski definition) is 4. The van der Waals surface area contributed by atoms with Crippen LogP contribution in [0.2, 0.25) is 0 Å². The van der Waals surface area contributed by atoms with Crippen LogP contribution < -0.4 is 16.3 Å². The van der Waals surface area contributed by atoms with E-state index < -0.39 is 0 Å². The average molecular weight is 412 g/mol. The zero-order chi connectivity index (χ0) is 21.7. The molecule has 30 heavy (non-hydrogen) atoms. The first-order valence-electron chi connectivity index (χ1n) is 10.8. The topological polar surface area (TPSA) is 111 Å². The molecule has 8 nitrogen and oxygen atoms in total. The first kappa shape index (κ1) is 21.8. The Morgan fingerprint density at radius 3 is 2.47 bits per heavy atom. The van der Waals surface area contributed by atoms with Crippen LogP contribution in [0.4, 0.5) is 17.6 Å². The zero-order valence-electron chi connectivity index (χ0n) is 18.6. The van der Waals surface area contributed by atoms with Gasteiger partial charge in [-0.15, -0.1) is 0 Å². The number of nitrogens with zero attached hydrogens (tertiary/aromatic N) is 3. The Kier molecular flexibility index (Phi) is 6.74. The van der Waals surface area contributed by atoms with E-state index in [4.69, 9.17) is 0 Å². The summed E-state index contributed by atoms with van der Waals surface area (Å²) in [6.45, 7) is 11.6. The Hall–Kier alpha value is -2.90. The lowest BCUT2D eigenvalue weighted by atomic mass is 9.96. The van der Waals surface area contributed by atoms with E-state index in [0.717, 1.165) is 35.5 Å². The summed E-state index contributed by atoms with van der Waals surface area (Å²) >= 11 is 0. The second-order valence-electron chi connectivity index (χ2n) is 8.82. The number of imidazole rings is 1. The Morgan fingerprint density at radius 2 is 1.77 bits per heavy atom. The predicted octanol–water partition coefficient (Wildman–Crippen LogP) is 4.71. The molecule has 4 N–H and O–H groups in total. The maximum absolute atomic E-state index is 11.5. The molecule has 3 aromatic rings. The van der Waals surface area contributed by atoms with Crippen molar-refractivity contribution in [2.24, 2.45) is 5.92 Å². The first-order valence-corrected chi connectivity index (χ1v) is 10.8. The van der Waals surface area contributed by atoms with E-state index in [9.17, 15) is 4.79 Å². The third-order valence-electron chi connectivity index (χ3n) is 5.17. The minimum atomic E-state index is -0.225. The van der Waals surface area contributed by atoms with E-state index in [1.165, 1.54) is 19.3 Å². The van der Waals surface area contributed by atoms with Crippen LogP contribution in [-0.4, -0.2) is 31.5 Å². The van der Waals surface area contributed by atoms with Crippen molar-refractivity contribution in [2.75, 3.05) is 17.2 Å².